The number of halogens is 1. The van der Waals surface area contributed by atoms with Gasteiger partial charge in [0.15, 0.2) is 0 Å². The summed E-state index contributed by atoms with van der Waals surface area (Å²) in [6, 6.07) is 8.79. The molecule has 0 saturated carbocycles. The van der Waals surface area contributed by atoms with E-state index in [4.69, 9.17) is 0 Å². The van der Waals surface area contributed by atoms with E-state index < -0.39 is 17.8 Å². The highest BCUT2D eigenvalue weighted by Crippen LogP contribution is 2.26. The van der Waals surface area contributed by atoms with Gasteiger partial charge in [0.2, 0.25) is 5.91 Å². The summed E-state index contributed by atoms with van der Waals surface area (Å²) in [6.45, 7) is 0.646. The summed E-state index contributed by atoms with van der Waals surface area (Å²) >= 11 is 0. The molecule has 2 heterocycles. The number of carboxylic acids is 1. The molecular weight excluding hydrogens is 325 g/mol. The van der Waals surface area contributed by atoms with Crippen LogP contribution in [0.5, 0.6) is 0 Å². The fourth-order valence-electron chi connectivity index (χ4n) is 3.09. The number of aromatic carboxylic acids is 1. The number of amides is 1. The Morgan fingerprint density at radius 3 is 2.84 bits per heavy atom. The lowest BCUT2D eigenvalue weighted by Crippen LogP contribution is -2.40. The fraction of sp³-hybridized carbons (Fsp3) is 0.278. The number of carboxylic acid groups (broad SMARTS) is 1. The summed E-state index contributed by atoms with van der Waals surface area (Å²) in [4.78, 5) is 31.3. The molecule has 0 spiro atoms. The fourth-order valence-corrected chi connectivity index (χ4v) is 3.09. The van der Waals surface area contributed by atoms with Gasteiger partial charge in [-0.1, -0.05) is 12.1 Å². The van der Waals surface area contributed by atoms with Gasteiger partial charge in [-0.2, -0.15) is 0 Å². The number of carbonyl (C=O) groups excluding carboxylic acids is 1. The third-order valence-corrected chi connectivity index (χ3v) is 4.37. The maximum atomic E-state index is 13.9. The van der Waals surface area contributed by atoms with Crippen LogP contribution in [0.3, 0.4) is 0 Å². The summed E-state index contributed by atoms with van der Waals surface area (Å²) in [5.41, 5.74) is 0.785. The van der Waals surface area contributed by atoms with Crippen molar-refractivity contribution in [1.29, 1.82) is 0 Å². The van der Waals surface area contributed by atoms with E-state index >= 15 is 0 Å². The first kappa shape index (κ1) is 17.0. The van der Waals surface area contributed by atoms with Gasteiger partial charge in [-0.3, -0.25) is 14.7 Å². The van der Waals surface area contributed by atoms with Gasteiger partial charge in [-0.05, 0) is 37.7 Å². The second-order valence-electron chi connectivity index (χ2n) is 5.96. The van der Waals surface area contributed by atoms with Crippen molar-refractivity contribution in [3.05, 3.63) is 59.7 Å². The van der Waals surface area contributed by atoms with Gasteiger partial charge in [0.25, 0.3) is 0 Å². The van der Waals surface area contributed by atoms with Crippen LogP contribution >= 0.6 is 0 Å². The molecule has 0 bridgehead atoms. The molecule has 1 saturated heterocycles. The number of anilines is 1. The van der Waals surface area contributed by atoms with Crippen molar-refractivity contribution >= 4 is 17.6 Å². The van der Waals surface area contributed by atoms with Crippen molar-refractivity contribution < 1.29 is 19.1 Å². The third kappa shape index (κ3) is 3.36. The van der Waals surface area contributed by atoms with Gasteiger partial charge in [0.05, 0.1) is 23.0 Å². The molecule has 6 nitrogen and oxygen atoms in total. The van der Waals surface area contributed by atoms with Gasteiger partial charge in [-0.25, -0.2) is 9.18 Å². The van der Waals surface area contributed by atoms with Crippen molar-refractivity contribution in [2.75, 3.05) is 18.5 Å². The number of aromatic nitrogens is 1. The number of rotatable bonds is 5. The first-order valence-corrected chi connectivity index (χ1v) is 7.92. The number of pyridine rings is 1. The molecule has 1 aliphatic rings. The molecular formula is C18H18FN3O3. The van der Waals surface area contributed by atoms with Crippen LogP contribution in [0, 0.1) is 5.82 Å². The number of likely N-dealkylation sites (N-methyl/N-ethyl adjacent to an activating group) is 1. The molecule has 0 radical (unpaired) electrons. The van der Waals surface area contributed by atoms with E-state index in [1.165, 1.54) is 23.2 Å². The Bertz CT molecular complexity index is 812. The summed E-state index contributed by atoms with van der Waals surface area (Å²) in [6.07, 6.45) is 2.07. The molecule has 1 aliphatic heterocycles. The molecule has 1 fully saturated rings. The Morgan fingerprint density at radius 1 is 1.36 bits per heavy atom. The third-order valence-electron chi connectivity index (χ3n) is 4.37. The summed E-state index contributed by atoms with van der Waals surface area (Å²) in [5, 5.41) is 9.24. The number of benzene rings is 1. The Morgan fingerprint density at radius 2 is 2.12 bits per heavy atom. The Labute approximate surface area is 144 Å². The van der Waals surface area contributed by atoms with E-state index in [2.05, 4.69) is 4.98 Å². The molecule has 1 aromatic carbocycles. The SMILES string of the molecule is CN(Cc1ncccc1C(=O)O)C1CCN(c2ccccc2F)C1=O. The molecule has 1 aromatic heterocycles. The Hall–Kier alpha value is -2.80. The largest absolute Gasteiger partial charge is 0.478 e. The van der Waals surface area contributed by atoms with Gasteiger partial charge >= 0.3 is 5.97 Å². The van der Waals surface area contributed by atoms with E-state index in [1.807, 2.05) is 0 Å². The first-order chi connectivity index (χ1) is 12.0. The highest BCUT2D eigenvalue weighted by Gasteiger charge is 2.36. The number of carbonyl (C=O) groups is 2. The number of hydrogen-bond donors (Lipinski definition) is 1. The van der Waals surface area contributed by atoms with Gasteiger partial charge < -0.3 is 10.0 Å². The lowest BCUT2D eigenvalue weighted by molar-refractivity contribution is -0.121. The van der Waals surface area contributed by atoms with E-state index in [-0.39, 0.29) is 23.7 Å². The molecule has 7 heteroatoms. The maximum Gasteiger partial charge on any atom is 0.337 e. The molecule has 1 atom stereocenters. The number of para-hydroxylation sites is 1. The van der Waals surface area contributed by atoms with Crippen LogP contribution in [0.25, 0.3) is 0 Å². The molecule has 1 unspecified atom stereocenters. The molecule has 3 rings (SSSR count). The minimum absolute atomic E-state index is 0.116. The smallest absolute Gasteiger partial charge is 0.337 e. The van der Waals surface area contributed by atoms with Crippen LogP contribution in [0.1, 0.15) is 22.5 Å². The van der Waals surface area contributed by atoms with Crippen LogP contribution < -0.4 is 4.90 Å². The monoisotopic (exact) mass is 343 g/mol. The van der Waals surface area contributed by atoms with E-state index in [9.17, 15) is 19.1 Å². The van der Waals surface area contributed by atoms with Crippen LogP contribution in [0.15, 0.2) is 42.6 Å². The Balaban J connectivity index is 1.76. The molecule has 1 amide bonds. The predicted octanol–water partition coefficient (Wildman–Crippen LogP) is 2.16. The van der Waals surface area contributed by atoms with Gasteiger partial charge in [0.1, 0.15) is 5.82 Å². The summed E-state index contributed by atoms with van der Waals surface area (Å²) in [7, 11) is 1.74. The van der Waals surface area contributed by atoms with E-state index in [0.717, 1.165) is 0 Å². The first-order valence-electron chi connectivity index (χ1n) is 7.92. The molecule has 0 aliphatic carbocycles. The average Bonchev–Trinajstić information content (AvgIpc) is 2.97. The second kappa shape index (κ2) is 6.98. The highest BCUT2D eigenvalue weighted by atomic mass is 19.1. The van der Waals surface area contributed by atoms with Crippen LogP contribution in [0.2, 0.25) is 0 Å². The maximum absolute atomic E-state index is 13.9. The van der Waals surface area contributed by atoms with Crippen LogP contribution in [0.4, 0.5) is 10.1 Å². The van der Waals surface area contributed by atoms with Crippen molar-refractivity contribution in [3.8, 4) is 0 Å². The van der Waals surface area contributed by atoms with E-state index in [0.29, 0.717) is 18.7 Å². The minimum Gasteiger partial charge on any atom is -0.478 e. The lowest BCUT2D eigenvalue weighted by Gasteiger charge is -2.24. The zero-order valence-electron chi connectivity index (χ0n) is 13.7. The average molecular weight is 343 g/mol. The normalized spacial score (nSPS) is 17.3. The van der Waals surface area contributed by atoms with Gasteiger partial charge in [0, 0.05) is 19.3 Å². The zero-order valence-corrected chi connectivity index (χ0v) is 13.7. The Kier molecular flexibility index (Phi) is 4.76. The van der Waals surface area contributed by atoms with Crippen molar-refractivity contribution in [3.63, 3.8) is 0 Å². The quantitative estimate of drug-likeness (QED) is 0.900. The molecule has 2 aromatic rings. The van der Waals surface area contributed by atoms with Crippen molar-refractivity contribution in [2.24, 2.45) is 0 Å². The van der Waals surface area contributed by atoms with Gasteiger partial charge in [-0.15, -0.1) is 0 Å². The van der Waals surface area contributed by atoms with Crippen LogP contribution in [-0.2, 0) is 11.3 Å². The van der Waals surface area contributed by atoms with Crippen molar-refractivity contribution in [2.45, 2.75) is 19.0 Å². The van der Waals surface area contributed by atoms with Crippen molar-refractivity contribution in [1.82, 2.24) is 9.88 Å². The molecule has 1 N–H and O–H groups in total. The topological polar surface area (TPSA) is 73.7 Å². The molecule has 130 valence electrons. The zero-order chi connectivity index (χ0) is 18.0. The summed E-state index contributed by atoms with van der Waals surface area (Å²) < 4.78 is 13.9. The second-order valence-corrected chi connectivity index (χ2v) is 5.96. The number of nitrogens with zero attached hydrogens (tertiary/aromatic N) is 3. The standard InChI is InChI=1S/C18H18FN3O3/c1-21(11-14-12(18(24)25)5-4-9-20-14)16-8-10-22(17(16)23)15-7-3-2-6-13(15)19/h2-7,9,16H,8,10-11H2,1H3,(H,24,25). The van der Waals surface area contributed by atoms with Crippen LogP contribution in [-0.4, -0.2) is 46.5 Å². The van der Waals surface area contributed by atoms with E-state index in [1.54, 1.807) is 36.2 Å². The molecule has 25 heavy (non-hydrogen) atoms. The summed E-state index contributed by atoms with van der Waals surface area (Å²) in [5.74, 6) is -1.68. The number of hydrogen-bond acceptors (Lipinski definition) is 4. The predicted molar refractivity (Wildman–Crippen MR) is 89.8 cm³/mol. The lowest BCUT2D eigenvalue weighted by atomic mass is 10.1. The minimum atomic E-state index is -1.05. The highest BCUT2D eigenvalue weighted by molar-refractivity contribution is 5.99.